The average Bonchev–Trinajstić information content (AvgIpc) is 3.24. The van der Waals surface area contributed by atoms with Crippen LogP contribution in [-0.4, -0.2) is 25.8 Å². The standard InChI is InChI=1S/C25H19Cl2N5O2/c1-14-21(24(34)29-17-5-3-2-4-6-17)22(15-7-10-18(33)11-8-15)32-25(28-14)30-23(31-32)16-9-12-19(26)20(27)13-16/h2-13,22,33H,1H3,(H,29,34)(H,28,30,31). The van der Waals surface area contributed by atoms with Crippen LogP contribution in [0.4, 0.5) is 11.6 Å². The number of aromatic hydroxyl groups is 1. The number of anilines is 2. The summed E-state index contributed by atoms with van der Waals surface area (Å²) >= 11 is 12.3. The molecule has 4 aromatic rings. The molecule has 1 aliphatic rings. The summed E-state index contributed by atoms with van der Waals surface area (Å²) < 4.78 is 1.66. The molecule has 7 nitrogen and oxygen atoms in total. The fourth-order valence-electron chi connectivity index (χ4n) is 3.89. The second kappa shape index (κ2) is 8.85. The number of hydrogen-bond donors (Lipinski definition) is 3. The lowest BCUT2D eigenvalue weighted by molar-refractivity contribution is -0.113. The molecule has 0 saturated heterocycles. The lowest BCUT2D eigenvalue weighted by Gasteiger charge is -2.28. The van der Waals surface area contributed by atoms with E-state index in [1.807, 2.05) is 37.3 Å². The van der Waals surface area contributed by atoms with Gasteiger partial charge in [-0.3, -0.25) is 4.79 Å². The van der Waals surface area contributed by atoms with Gasteiger partial charge in [0, 0.05) is 16.9 Å². The van der Waals surface area contributed by atoms with E-state index in [0.29, 0.717) is 44.3 Å². The van der Waals surface area contributed by atoms with Crippen LogP contribution >= 0.6 is 23.2 Å². The van der Waals surface area contributed by atoms with Gasteiger partial charge in [-0.1, -0.05) is 53.5 Å². The van der Waals surface area contributed by atoms with Crippen molar-refractivity contribution in [3.05, 3.63) is 99.7 Å². The van der Waals surface area contributed by atoms with Gasteiger partial charge in [-0.15, -0.1) is 5.10 Å². The topological polar surface area (TPSA) is 92.1 Å². The lowest BCUT2D eigenvalue weighted by atomic mass is 9.95. The molecule has 0 spiro atoms. The van der Waals surface area contributed by atoms with Gasteiger partial charge in [-0.2, -0.15) is 4.98 Å². The van der Waals surface area contributed by atoms with Crippen molar-refractivity contribution in [2.24, 2.45) is 0 Å². The molecule has 2 heterocycles. The third-order valence-corrected chi connectivity index (χ3v) is 6.25. The van der Waals surface area contributed by atoms with E-state index in [4.69, 9.17) is 28.3 Å². The first-order chi connectivity index (χ1) is 16.4. The molecule has 1 amide bonds. The van der Waals surface area contributed by atoms with Crippen molar-refractivity contribution in [2.45, 2.75) is 13.0 Å². The van der Waals surface area contributed by atoms with Crippen LogP contribution in [0.1, 0.15) is 18.5 Å². The van der Waals surface area contributed by atoms with Crippen LogP contribution < -0.4 is 10.6 Å². The Kier molecular flexibility index (Phi) is 5.73. The number of halogens is 2. The number of hydrogen-bond acceptors (Lipinski definition) is 5. The number of para-hydroxylation sites is 1. The highest BCUT2D eigenvalue weighted by atomic mass is 35.5. The molecule has 0 fully saturated rings. The maximum atomic E-state index is 13.4. The molecule has 1 atom stereocenters. The van der Waals surface area contributed by atoms with E-state index in [-0.39, 0.29) is 11.7 Å². The molecule has 5 rings (SSSR count). The molecule has 1 aromatic heterocycles. The molecule has 1 aliphatic heterocycles. The zero-order valence-corrected chi connectivity index (χ0v) is 19.5. The number of rotatable bonds is 4. The average molecular weight is 492 g/mol. The number of nitrogens with one attached hydrogen (secondary N) is 2. The molecule has 34 heavy (non-hydrogen) atoms. The van der Waals surface area contributed by atoms with Crippen LogP contribution in [-0.2, 0) is 4.79 Å². The first kappa shape index (κ1) is 22.0. The van der Waals surface area contributed by atoms with Gasteiger partial charge >= 0.3 is 0 Å². The zero-order valence-electron chi connectivity index (χ0n) is 18.0. The van der Waals surface area contributed by atoms with Gasteiger partial charge < -0.3 is 15.7 Å². The van der Waals surface area contributed by atoms with E-state index in [0.717, 1.165) is 5.56 Å². The Labute approximate surface area is 205 Å². The number of amides is 1. The van der Waals surface area contributed by atoms with Gasteiger partial charge in [-0.05, 0) is 55.0 Å². The third-order valence-electron chi connectivity index (χ3n) is 5.52. The van der Waals surface area contributed by atoms with E-state index in [9.17, 15) is 9.90 Å². The van der Waals surface area contributed by atoms with E-state index in [1.54, 1.807) is 47.1 Å². The van der Waals surface area contributed by atoms with E-state index < -0.39 is 6.04 Å². The summed E-state index contributed by atoms with van der Waals surface area (Å²) in [6.45, 7) is 1.82. The molecular formula is C25H19Cl2N5O2. The smallest absolute Gasteiger partial charge is 0.255 e. The fourth-order valence-corrected chi connectivity index (χ4v) is 4.19. The second-order valence-corrected chi connectivity index (χ2v) is 8.62. The highest BCUT2D eigenvalue weighted by Gasteiger charge is 2.34. The van der Waals surface area contributed by atoms with Crippen LogP contribution in [0.3, 0.4) is 0 Å². The number of carbonyl (C=O) groups excluding carboxylic acids is 1. The Hall–Kier alpha value is -3.81. The predicted octanol–water partition coefficient (Wildman–Crippen LogP) is 5.89. The summed E-state index contributed by atoms with van der Waals surface area (Å²) in [5.74, 6) is 0.769. The first-order valence-electron chi connectivity index (χ1n) is 10.5. The number of allylic oxidation sites excluding steroid dienone is 1. The monoisotopic (exact) mass is 491 g/mol. The third kappa shape index (κ3) is 4.11. The summed E-state index contributed by atoms with van der Waals surface area (Å²) in [6, 6.07) is 20.5. The molecule has 0 saturated carbocycles. The summed E-state index contributed by atoms with van der Waals surface area (Å²) in [7, 11) is 0. The van der Waals surface area contributed by atoms with Crippen molar-refractivity contribution < 1.29 is 9.90 Å². The number of fused-ring (bicyclic) bond motifs is 1. The highest BCUT2D eigenvalue weighted by molar-refractivity contribution is 6.42. The van der Waals surface area contributed by atoms with Crippen molar-refractivity contribution in [3.8, 4) is 17.1 Å². The summed E-state index contributed by atoms with van der Waals surface area (Å²) in [4.78, 5) is 18.1. The number of phenolic OH excluding ortho intramolecular Hbond substituents is 1. The molecule has 0 bridgehead atoms. The molecule has 0 aliphatic carbocycles. The molecule has 1 unspecified atom stereocenters. The summed E-state index contributed by atoms with van der Waals surface area (Å²) in [6.07, 6.45) is 0. The van der Waals surface area contributed by atoms with Crippen LogP contribution in [0.5, 0.6) is 5.75 Å². The minimum Gasteiger partial charge on any atom is -0.508 e. The van der Waals surface area contributed by atoms with Gasteiger partial charge in [0.05, 0.1) is 15.6 Å². The molecule has 9 heteroatoms. The fraction of sp³-hybridized carbons (Fsp3) is 0.0800. The van der Waals surface area contributed by atoms with Crippen molar-refractivity contribution >= 4 is 40.7 Å². The van der Waals surface area contributed by atoms with Gasteiger partial charge in [0.1, 0.15) is 11.8 Å². The number of nitrogens with zero attached hydrogens (tertiary/aromatic N) is 3. The van der Waals surface area contributed by atoms with Crippen LogP contribution in [0.25, 0.3) is 11.4 Å². The number of aromatic nitrogens is 3. The SMILES string of the molecule is CC1=C(C(=O)Nc2ccccc2)C(c2ccc(O)cc2)n2nc(-c3ccc(Cl)c(Cl)c3)nc2N1. The van der Waals surface area contributed by atoms with Crippen molar-refractivity contribution in [3.63, 3.8) is 0 Å². The van der Waals surface area contributed by atoms with E-state index in [1.165, 1.54) is 0 Å². The van der Waals surface area contributed by atoms with Crippen molar-refractivity contribution in [1.29, 1.82) is 0 Å². The second-order valence-electron chi connectivity index (χ2n) is 7.81. The first-order valence-corrected chi connectivity index (χ1v) is 11.2. The number of carbonyl (C=O) groups is 1. The van der Waals surface area contributed by atoms with Crippen LogP contribution in [0.2, 0.25) is 10.0 Å². The minimum absolute atomic E-state index is 0.129. The van der Waals surface area contributed by atoms with Gasteiger partial charge in [-0.25, -0.2) is 4.68 Å². The summed E-state index contributed by atoms with van der Waals surface area (Å²) in [5.41, 5.74) is 3.26. The van der Waals surface area contributed by atoms with Crippen molar-refractivity contribution in [2.75, 3.05) is 10.6 Å². The Morgan fingerprint density at radius 3 is 2.47 bits per heavy atom. The molecule has 3 aromatic carbocycles. The van der Waals surface area contributed by atoms with E-state index in [2.05, 4.69) is 15.6 Å². The zero-order chi connectivity index (χ0) is 23.8. The minimum atomic E-state index is -0.579. The maximum absolute atomic E-state index is 13.4. The highest BCUT2D eigenvalue weighted by Crippen LogP contribution is 2.37. The quantitative estimate of drug-likeness (QED) is 0.331. The molecular weight excluding hydrogens is 473 g/mol. The van der Waals surface area contributed by atoms with Gasteiger partial charge in [0.2, 0.25) is 5.95 Å². The maximum Gasteiger partial charge on any atom is 0.255 e. The molecule has 3 N–H and O–H groups in total. The van der Waals surface area contributed by atoms with Crippen LogP contribution in [0.15, 0.2) is 84.1 Å². The summed E-state index contributed by atoms with van der Waals surface area (Å²) in [5, 5.41) is 21.5. The Bertz CT molecular complexity index is 1420. The Morgan fingerprint density at radius 1 is 1.03 bits per heavy atom. The number of benzene rings is 3. The van der Waals surface area contributed by atoms with Crippen LogP contribution in [0, 0.1) is 0 Å². The van der Waals surface area contributed by atoms with Gasteiger partial charge in [0.25, 0.3) is 5.91 Å². The van der Waals surface area contributed by atoms with Crippen molar-refractivity contribution in [1.82, 2.24) is 14.8 Å². The Balaban J connectivity index is 1.60. The Morgan fingerprint density at radius 2 is 1.76 bits per heavy atom. The lowest BCUT2D eigenvalue weighted by Crippen LogP contribution is -2.31. The molecule has 0 radical (unpaired) electrons. The normalized spacial score (nSPS) is 15.0. The van der Waals surface area contributed by atoms with E-state index >= 15 is 0 Å². The van der Waals surface area contributed by atoms with Gasteiger partial charge in [0.15, 0.2) is 5.82 Å². The predicted molar refractivity (Wildman–Crippen MR) is 133 cm³/mol. The molecule has 170 valence electrons. The largest absolute Gasteiger partial charge is 0.508 e. The number of phenols is 1.